The second kappa shape index (κ2) is 16.1. The molecule has 0 saturated heterocycles. The van der Waals surface area contributed by atoms with Crippen LogP contribution in [0.2, 0.25) is 0 Å². The predicted octanol–water partition coefficient (Wildman–Crippen LogP) is 9.37. The van der Waals surface area contributed by atoms with Gasteiger partial charge in [-0.3, -0.25) is 9.59 Å². The quantitative estimate of drug-likeness (QED) is 0.127. The number of aliphatic carboxylic acids is 2. The molecule has 0 spiro atoms. The van der Waals surface area contributed by atoms with Crippen molar-refractivity contribution >= 4 is 57.0 Å². The average Bonchev–Trinajstić information content (AvgIpc) is 3.56. The molecule has 0 amide bonds. The summed E-state index contributed by atoms with van der Waals surface area (Å²) in [5, 5.41) is 20.4. The molecule has 1 aliphatic carbocycles. The van der Waals surface area contributed by atoms with Crippen LogP contribution in [0.1, 0.15) is 82.6 Å². The maximum atomic E-state index is 10.9. The molecule has 45 heavy (non-hydrogen) atoms. The van der Waals surface area contributed by atoms with Crippen LogP contribution in [-0.4, -0.2) is 28.7 Å². The van der Waals surface area contributed by atoms with Crippen molar-refractivity contribution in [2.45, 2.75) is 89.0 Å². The van der Waals surface area contributed by atoms with E-state index in [1.807, 2.05) is 23.1 Å². The standard InChI is InChI=1S/C37H42N2O4S2/c1-27-28(21-23-34-38(25-10-2-4-19-36(40)41)30-15-6-8-17-32(30)44-34)13-12-14-29(27)22-24-35-39(26-11-3-5-20-37(42)43)31-16-7-9-18-33(31)45-35/h6-9,15-18,21-24H,2-5,10-14,19-20,25-26H2,1H3,(H-,40,41,42,43)/p+1. The lowest BCUT2D eigenvalue weighted by Gasteiger charge is -2.21. The van der Waals surface area contributed by atoms with Gasteiger partial charge in [0.05, 0.1) is 10.7 Å². The van der Waals surface area contributed by atoms with Crippen molar-refractivity contribution in [1.29, 1.82) is 0 Å². The Kier molecular flexibility index (Phi) is 11.7. The molecule has 0 fully saturated rings. The maximum Gasteiger partial charge on any atom is 0.303 e. The molecule has 2 N–H and O–H groups in total. The normalized spacial score (nSPS) is 16.9. The highest BCUT2D eigenvalue weighted by molar-refractivity contribution is 8.03. The molecule has 2 heterocycles. The van der Waals surface area contributed by atoms with Crippen molar-refractivity contribution in [2.75, 3.05) is 11.4 Å². The van der Waals surface area contributed by atoms with E-state index in [2.05, 4.69) is 89.2 Å². The molecule has 5 rings (SSSR count). The summed E-state index contributed by atoms with van der Waals surface area (Å²) in [4.78, 5) is 25.5. The molecule has 0 unspecified atom stereocenters. The number of rotatable bonds is 15. The number of thioether (sulfide) groups is 1. The number of aryl methyl sites for hydroxylation is 1. The van der Waals surface area contributed by atoms with E-state index in [1.54, 1.807) is 0 Å². The van der Waals surface area contributed by atoms with Crippen LogP contribution < -0.4 is 9.47 Å². The van der Waals surface area contributed by atoms with Crippen molar-refractivity contribution in [3.8, 4) is 0 Å². The first-order valence-electron chi connectivity index (χ1n) is 16.1. The van der Waals surface area contributed by atoms with Gasteiger partial charge in [0.1, 0.15) is 4.70 Å². The molecule has 236 valence electrons. The maximum absolute atomic E-state index is 10.9. The first kappa shape index (κ1) is 32.8. The fraction of sp³-hybridized carbons (Fsp3) is 0.378. The zero-order valence-corrected chi connectivity index (χ0v) is 27.7. The number of hydrogen-bond donors (Lipinski definition) is 2. The minimum absolute atomic E-state index is 0.236. The first-order chi connectivity index (χ1) is 21.9. The lowest BCUT2D eigenvalue weighted by atomic mass is 9.88. The average molecular weight is 644 g/mol. The van der Waals surface area contributed by atoms with E-state index in [1.165, 1.54) is 47.6 Å². The van der Waals surface area contributed by atoms with Crippen molar-refractivity contribution in [3.63, 3.8) is 0 Å². The zero-order valence-electron chi connectivity index (χ0n) is 26.0. The third-order valence-corrected chi connectivity index (χ3v) is 10.8. The minimum Gasteiger partial charge on any atom is -0.481 e. The van der Waals surface area contributed by atoms with Crippen LogP contribution in [0.5, 0.6) is 0 Å². The first-order valence-corrected chi connectivity index (χ1v) is 17.7. The fourth-order valence-electron chi connectivity index (χ4n) is 6.07. The summed E-state index contributed by atoms with van der Waals surface area (Å²) in [5.41, 5.74) is 6.60. The molecule has 0 atom stereocenters. The van der Waals surface area contributed by atoms with Crippen LogP contribution in [-0.2, 0) is 16.1 Å². The van der Waals surface area contributed by atoms with Gasteiger partial charge in [0.15, 0.2) is 6.54 Å². The number of allylic oxidation sites excluding steroid dienone is 6. The molecule has 8 heteroatoms. The van der Waals surface area contributed by atoms with Gasteiger partial charge in [-0.2, -0.15) is 4.57 Å². The summed E-state index contributed by atoms with van der Waals surface area (Å²) in [7, 11) is 0. The van der Waals surface area contributed by atoms with E-state index >= 15 is 0 Å². The topological polar surface area (TPSA) is 81.7 Å². The molecule has 1 aliphatic heterocycles. The third-order valence-electron chi connectivity index (χ3n) is 8.53. The Balaban J connectivity index is 1.32. The number of carboxylic acid groups (broad SMARTS) is 2. The van der Waals surface area contributed by atoms with Gasteiger partial charge in [-0.05, 0) is 92.9 Å². The summed E-state index contributed by atoms with van der Waals surface area (Å²) in [5.74, 6) is -1.44. The number of anilines is 1. The van der Waals surface area contributed by atoms with Crippen LogP contribution in [0.3, 0.4) is 0 Å². The number of aromatic nitrogens is 1. The Morgan fingerprint density at radius 1 is 0.867 bits per heavy atom. The van der Waals surface area contributed by atoms with Gasteiger partial charge in [-0.25, -0.2) is 0 Å². The molecular formula is C37H43N2O4S2+. The number of unbranched alkanes of at least 4 members (excludes halogenated alkanes) is 4. The van der Waals surface area contributed by atoms with E-state index in [4.69, 9.17) is 10.2 Å². The Morgan fingerprint density at radius 3 is 2.40 bits per heavy atom. The monoisotopic (exact) mass is 643 g/mol. The number of para-hydroxylation sites is 2. The number of nitrogens with zero attached hydrogens (tertiary/aromatic N) is 2. The van der Waals surface area contributed by atoms with Crippen molar-refractivity contribution in [2.24, 2.45) is 0 Å². The van der Waals surface area contributed by atoms with Crippen LogP contribution in [0.15, 0.2) is 93.4 Å². The molecule has 2 aliphatic rings. The molecular weight excluding hydrogens is 601 g/mol. The van der Waals surface area contributed by atoms with Crippen molar-refractivity contribution in [1.82, 2.24) is 0 Å². The van der Waals surface area contributed by atoms with E-state index in [0.717, 1.165) is 70.9 Å². The Bertz CT molecular complexity index is 1650. The van der Waals surface area contributed by atoms with Crippen LogP contribution in [0.4, 0.5) is 5.69 Å². The van der Waals surface area contributed by atoms with E-state index in [0.29, 0.717) is 0 Å². The Hall–Kier alpha value is -3.62. The second-order valence-electron chi connectivity index (χ2n) is 11.7. The molecule has 1 aromatic heterocycles. The lowest BCUT2D eigenvalue weighted by Crippen LogP contribution is -2.35. The summed E-state index contributed by atoms with van der Waals surface area (Å²) >= 11 is 3.63. The smallest absolute Gasteiger partial charge is 0.303 e. The number of benzene rings is 2. The van der Waals surface area contributed by atoms with Crippen LogP contribution >= 0.6 is 23.1 Å². The number of carbonyl (C=O) groups is 2. The summed E-state index contributed by atoms with van der Waals surface area (Å²) in [6.45, 7) is 4.02. The third kappa shape index (κ3) is 8.76. The van der Waals surface area contributed by atoms with Gasteiger partial charge in [-0.1, -0.05) is 65.9 Å². The minimum atomic E-state index is -0.720. The molecule has 0 bridgehead atoms. The van der Waals surface area contributed by atoms with Crippen LogP contribution in [0.25, 0.3) is 16.3 Å². The van der Waals surface area contributed by atoms with E-state index in [9.17, 15) is 9.59 Å². The van der Waals surface area contributed by atoms with Crippen molar-refractivity contribution in [3.05, 3.63) is 93.5 Å². The fourth-order valence-corrected chi connectivity index (χ4v) is 8.25. The van der Waals surface area contributed by atoms with Gasteiger partial charge in [-0.15, -0.1) is 0 Å². The highest BCUT2D eigenvalue weighted by Crippen LogP contribution is 2.46. The van der Waals surface area contributed by atoms with Crippen LogP contribution in [0, 0.1) is 0 Å². The second-order valence-corrected chi connectivity index (χ2v) is 13.8. The molecule has 0 radical (unpaired) electrons. The molecule has 0 saturated carbocycles. The van der Waals surface area contributed by atoms with Gasteiger partial charge < -0.3 is 15.1 Å². The SMILES string of the molecule is CC1=C(C=Cc2sc3ccccc3[n+]2CCCCCC(=O)O)CCCC1=CC=C1Sc2ccccc2N1CCCCCC(=O)O. The Labute approximate surface area is 274 Å². The lowest BCUT2D eigenvalue weighted by molar-refractivity contribution is -0.669. The molecule has 3 aromatic rings. The zero-order chi connectivity index (χ0) is 31.6. The highest BCUT2D eigenvalue weighted by atomic mass is 32.2. The summed E-state index contributed by atoms with van der Waals surface area (Å²) < 4.78 is 3.66. The Morgan fingerprint density at radius 2 is 1.60 bits per heavy atom. The van der Waals surface area contributed by atoms with Crippen molar-refractivity contribution < 1.29 is 24.4 Å². The van der Waals surface area contributed by atoms with E-state index in [-0.39, 0.29) is 12.8 Å². The van der Waals surface area contributed by atoms with E-state index < -0.39 is 11.9 Å². The number of carboxylic acids is 2. The highest BCUT2D eigenvalue weighted by Gasteiger charge is 2.24. The van der Waals surface area contributed by atoms with Gasteiger partial charge in [0, 0.05) is 42.8 Å². The van der Waals surface area contributed by atoms with Gasteiger partial charge in [0.25, 0.3) is 5.01 Å². The number of hydrogen-bond acceptors (Lipinski definition) is 5. The molecule has 2 aromatic carbocycles. The number of fused-ring (bicyclic) bond motifs is 2. The number of thiazole rings is 1. The largest absolute Gasteiger partial charge is 0.481 e. The molecule has 6 nitrogen and oxygen atoms in total. The summed E-state index contributed by atoms with van der Waals surface area (Å²) in [6.07, 6.45) is 18.1. The van der Waals surface area contributed by atoms with Gasteiger partial charge >= 0.3 is 11.9 Å². The summed E-state index contributed by atoms with van der Waals surface area (Å²) in [6, 6.07) is 17.1. The predicted molar refractivity (Wildman–Crippen MR) is 186 cm³/mol. The van der Waals surface area contributed by atoms with Gasteiger partial charge in [0.2, 0.25) is 5.52 Å².